The molecule has 0 radical (unpaired) electrons. The summed E-state index contributed by atoms with van der Waals surface area (Å²) in [4.78, 5) is 0. The molecule has 1 aromatic heterocycles. The first kappa shape index (κ1) is 11.3. The van der Waals surface area contributed by atoms with Crippen molar-refractivity contribution in [3.8, 4) is 11.1 Å². The summed E-state index contributed by atoms with van der Waals surface area (Å²) in [5.41, 5.74) is 2.51. The Morgan fingerprint density at radius 1 is 1.29 bits per heavy atom. The topological polar surface area (TPSA) is 17.8 Å². The third-order valence-corrected chi connectivity index (χ3v) is 4.22. The summed E-state index contributed by atoms with van der Waals surface area (Å²) in [5, 5.41) is 4.45. The van der Waals surface area contributed by atoms with Gasteiger partial charge in [0.15, 0.2) is 0 Å². The maximum atomic E-state index is 4.45. The molecule has 1 fully saturated rings. The fourth-order valence-electron chi connectivity index (χ4n) is 2.04. The van der Waals surface area contributed by atoms with Gasteiger partial charge in [-0.25, -0.2) is 0 Å². The number of rotatable bonds is 4. The van der Waals surface area contributed by atoms with Crippen LogP contribution in [0.2, 0.25) is 0 Å². The number of hydrogen-bond donors (Lipinski definition) is 0. The van der Waals surface area contributed by atoms with Crippen LogP contribution in [0.3, 0.4) is 0 Å². The molecule has 1 aliphatic rings. The van der Waals surface area contributed by atoms with E-state index in [-0.39, 0.29) is 0 Å². The Morgan fingerprint density at radius 2 is 2.12 bits per heavy atom. The van der Waals surface area contributed by atoms with Crippen molar-refractivity contribution in [3.05, 3.63) is 40.2 Å². The Hall–Kier alpha value is -0.840. The second-order valence-electron chi connectivity index (χ2n) is 4.70. The van der Waals surface area contributed by atoms with E-state index in [2.05, 4.69) is 62.8 Å². The fourth-order valence-corrected chi connectivity index (χ4v) is 2.74. The van der Waals surface area contributed by atoms with Crippen LogP contribution in [0.25, 0.3) is 11.1 Å². The minimum absolute atomic E-state index is 0.972. The Kier molecular flexibility index (Phi) is 3.18. The van der Waals surface area contributed by atoms with Crippen LogP contribution in [0, 0.1) is 9.49 Å². The monoisotopic (exact) mass is 338 g/mol. The van der Waals surface area contributed by atoms with Crippen molar-refractivity contribution in [2.24, 2.45) is 5.92 Å². The molecule has 0 aliphatic heterocycles. The number of aromatic nitrogens is 2. The van der Waals surface area contributed by atoms with E-state index in [4.69, 9.17) is 0 Å². The first-order valence-corrected chi connectivity index (χ1v) is 7.18. The van der Waals surface area contributed by atoms with E-state index >= 15 is 0 Å². The number of hydrogen-bond acceptors (Lipinski definition) is 1. The molecule has 0 amide bonds. The van der Waals surface area contributed by atoms with Crippen molar-refractivity contribution in [1.29, 1.82) is 0 Å². The lowest BCUT2D eigenvalue weighted by Crippen LogP contribution is -1.98. The van der Waals surface area contributed by atoms with Gasteiger partial charge in [0, 0.05) is 21.9 Å². The van der Waals surface area contributed by atoms with Gasteiger partial charge in [0.05, 0.1) is 6.20 Å². The predicted molar refractivity (Wildman–Crippen MR) is 77.7 cm³/mol. The molecule has 2 nitrogen and oxygen atoms in total. The van der Waals surface area contributed by atoms with E-state index in [0.717, 1.165) is 12.5 Å². The van der Waals surface area contributed by atoms with Gasteiger partial charge in [0.25, 0.3) is 0 Å². The van der Waals surface area contributed by atoms with Crippen LogP contribution < -0.4 is 0 Å². The molecule has 1 aliphatic carbocycles. The van der Waals surface area contributed by atoms with Gasteiger partial charge in [0.2, 0.25) is 0 Å². The molecule has 0 unspecified atom stereocenters. The van der Waals surface area contributed by atoms with Gasteiger partial charge in [0.1, 0.15) is 0 Å². The van der Waals surface area contributed by atoms with Crippen molar-refractivity contribution in [2.75, 3.05) is 0 Å². The minimum Gasteiger partial charge on any atom is -0.272 e. The molecule has 1 heterocycles. The van der Waals surface area contributed by atoms with Gasteiger partial charge in [-0.05, 0) is 46.6 Å². The van der Waals surface area contributed by atoms with Gasteiger partial charge in [-0.15, -0.1) is 0 Å². The van der Waals surface area contributed by atoms with E-state index in [1.807, 2.05) is 6.20 Å². The van der Waals surface area contributed by atoms with Crippen LogP contribution in [0.5, 0.6) is 0 Å². The molecule has 0 spiro atoms. The predicted octanol–water partition coefficient (Wildman–Crippen LogP) is 3.95. The second kappa shape index (κ2) is 4.80. The lowest BCUT2D eigenvalue weighted by atomic mass is 10.1. The highest BCUT2D eigenvalue weighted by Gasteiger charge is 2.20. The Labute approximate surface area is 115 Å². The zero-order valence-corrected chi connectivity index (χ0v) is 11.8. The summed E-state index contributed by atoms with van der Waals surface area (Å²) in [7, 11) is 0. The SMILES string of the molecule is Ic1ccccc1-c1cnn(CCC2CC2)c1. The lowest BCUT2D eigenvalue weighted by Gasteiger charge is -2.01. The number of benzene rings is 1. The van der Waals surface area contributed by atoms with Crippen molar-refractivity contribution >= 4 is 22.6 Å². The van der Waals surface area contributed by atoms with E-state index in [9.17, 15) is 0 Å². The zero-order valence-electron chi connectivity index (χ0n) is 9.64. The van der Waals surface area contributed by atoms with Gasteiger partial charge in [-0.3, -0.25) is 4.68 Å². The largest absolute Gasteiger partial charge is 0.272 e. The Balaban J connectivity index is 1.77. The quantitative estimate of drug-likeness (QED) is 0.772. The fraction of sp³-hybridized carbons (Fsp3) is 0.357. The highest BCUT2D eigenvalue weighted by Crippen LogP contribution is 2.33. The number of nitrogens with zero attached hydrogens (tertiary/aromatic N) is 2. The first-order chi connectivity index (χ1) is 8.33. The normalized spacial score (nSPS) is 15.1. The van der Waals surface area contributed by atoms with E-state index in [1.54, 1.807) is 0 Å². The molecular formula is C14H15IN2. The minimum atomic E-state index is 0.972. The molecule has 3 rings (SSSR count). The van der Waals surface area contributed by atoms with Crippen LogP contribution in [0.1, 0.15) is 19.3 Å². The number of aryl methyl sites for hydroxylation is 1. The average molecular weight is 338 g/mol. The van der Waals surface area contributed by atoms with Crippen LogP contribution in [-0.2, 0) is 6.54 Å². The number of halogens is 1. The molecule has 0 atom stereocenters. The summed E-state index contributed by atoms with van der Waals surface area (Å²) in [6, 6.07) is 8.45. The summed E-state index contributed by atoms with van der Waals surface area (Å²) in [5.74, 6) is 0.972. The Bertz CT molecular complexity index is 514. The molecule has 0 saturated heterocycles. The van der Waals surface area contributed by atoms with Gasteiger partial charge >= 0.3 is 0 Å². The van der Waals surface area contributed by atoms with Crippen LogP contribution in [0.4, 0.5) is 0 Å². The Morgan fingerprint density at radius 3 is 2.88 bits per heavy atom. The van der Waals surface area contributed by atoms with Crippen LogP contribution in [-0.4, -0.2) is 9.78 Å². The maximum Gasteiger partial charge on any atom is 0.0568 e. The molecular weight excluding hydrogens is 323 g/mol. The van der Waals surface area contributed by atoms with Gasteiger partial charge in [-0.1, -0.05) is 31.0 Å². The molecule has 1 saturated carbocycles. The average Bonchev–Trinajstić information content (AvgIpc) is 3.06. The summed E-state index contributed by atoms with van der Waals surface area (Å²) in [6.07, 6.45) is 8.27. The molecule has 17 heavy (non-hydrogen) atoms. The highest BCUT2D eigenvalue weighted by molar-refractivity contribution is 14.1. The van der Waals surface area contributed by atoms with Crippen molar-refractivity contribution < 1.29 is 0 Å². The third kappa shape index (κ3) is 2.70. The van der Waals surface area contributed by atoms with Gasteiger partial charge < -0.3 is 0 Å². The van der Waals surface area contributed by atoms with Crippen molar-refractivity contribution in [3.63, 3.8) is 0 Å². The second-order valence-corrected chi connectivity index (χ2v) is 5.87. The van der Waals surface area contributed by atoms with Crippen LogP contribution >= 0.6 is 22.6 Å². The van der Waals surface area contributed by atoms with E-state index in [1.165, 1.54) is 34.0 Å². The maximum absolute atomic E-state index is 4.45. The molecule has 0 bridgehead atoms. The van der Waals surface area contributed by atoms with Crippen molar-refractivity contribution in [2.45, 2.75) is 25.8 Å². The molecule has 3 heteroatoms. The zero-order chi connectivity index (χ0) is 11.7. The molecule has 88 valence electrons. The van der Waals surface area contributed by atoms with Crippen molar-refractivity contribution in [1.82, 2.24) is 9.78 Å². The standard InChI is InChI=1S/C14H15IN2/c15-14-4-2-1-3-13(14)12-9-16-17(10-12)8-7-11-5-6-11/h1-4,9-11H,5-8H2. The third-order valence-electron chi connectivity index (χ3n) is 3.28. The van der Waals surface area contributed by atoms with Crippen LogP contribution in [0.15, 0.2) is 36.7 Å². The summed E-state index contributed by atoms with van der Waals surface area (Å²) in [6.45, 7) is 1.06. The van der Waals surface area contributed by atoms with E-state index in [0.29, 0.717) is 0 Å². The molecule has 2 aromatic rings. The first-order valence-electron chi connectivity index (χ1n) is 6.10. The molecule has 1 aromatic carbocycles. The molecule has 0 N–H and O–H groups in total. The van der Waals surface area contributed by atoms with E-state index < -0.39 is 0 Å². The smallest absolute Gasteiger partial charge is 0.0568 e. The van der Waals surface area contributed by atoms with Gasteiger partial charge in [-0.2, -0.15) is 5.10 Å². The highest BCUT2D eigenvalue weighted by atomic mass is 127. The lowest BCUT2D eigenvalue weighted by molar-refractivity contribution is 0.547. The summed E-state index contributed by atoms with van der Waals surface area (Å²) >= 11 is 2.38. The summed E-state index contributed by atoms with van der Waals surface area (Å²) < 4.78 is 3.36.